The number of halogens is 2. The average molecular weight is 407 g/mol. The maximum atomic E-state index is 14.5. The molecule has 152 valence electrons. The molecule has 0 radical (unpaired) electrons. The fraction of sp³-hybridized carbons (Fsp3) is 0.125. The highest BCUT2D eigenvalue weighted by atomic mass is 19.1. The minimum Gasteiger partial charge on any atom is -0.464 e. The third-order valence-corrected chi connectivity index (χ3v) is 4.40. The zero-order chi connectivity index (χ0) is 21.6. The molecule has 0 unspecified atom stereocenters. The van der Waals surface area contributed by atoms with E-state index in [9.17, 15) is 18.4 Å². The summed E-state index contributed by atoms with van der Waals surface area (Å²) < 4.78 is 34.2. The van der Waals surface area contributed by atoms with Crippen LogP contribution < -0.4 is 0 Å². The van der Waals surface area contributed by atoms with E-state index in [1.165, 1.54) is 6.08 Å². The summed E-state index contributed by atoms with van der Waals surface area (Å²) in [5, 5.41) is 0. The van der Waals surface area contributed by atoms with Gasteiger partial charge in [-0.3, -0.25) is 9.79 Å². The second-order valence-corrected chi connectivity index (χ2v) is 6.44. The van der Waals surface area contributed by atoms with E-state index in [2.05, 4.69) is 4.99 Å². The summed E-state index contributed by atoms with van der Waals surface area (Å²) in [4.78, 5) is 28.7. The summed E-state index contributed by atoms with van der Waals surface area (Å²) in [6.07, 6.45) is 4.33. The molecule has 2 aromatic rings. The Morgan fingerprint density at radius 3 is 2.13 bits per heavy atom. The fourth-order valence-corrected chi connectivity index (χ4v) is 2.97. The molecule has 1 aliphatic rings. The molecule has 0 spiro atoms. The van der Waals surface area contributed by atoms with E-state index < -0.39 is 34.7 Å². The molecule has 1 atom stereocenters. The molecule has 0 bridgehead atoms. The van der Waals surface area contributed by atoms with E-state index >= 15 is 0 Å². The number of hydrogen-bond acceptors (Lipinski definition) is 4. The number of rotatable bonds is 6. The molecular weight excluding hydrogens is 388 g/mol. The molecular formula is C24H19F2NO3. The van der Waals surface area contributed by atoms with Crippen LogP contribution in [-0.4, -0.2) is 24.1 Å². The lowest BCUT2D eigenvalue weighted by molar-refractivity contribution is -0.147. The van der Waals surface area contributed by atoms with Gasteiger partial charge in [-0.25, -0.2) is 13.6 Å². The van der Waals surface area contributed by atoms with Crippen molar-refractivity contribution < 1.29 is 23.1 Å². The van der Waals surface area contributed by atoms with Crippen molar-refractivity contribution in [3.63, 3.8) is 0 Å². The predicted molar refractivity (Wildman–Crippen MR) is 111 cm³/mol. The molecule has 0 saturated heterocycles. The molecule has 3 rings (SSSR count). The molecule has 4 nitrogen and oxygen atoms in total. The quantitative estimate of drug-likeness (QED) is 0.506. The Morgan fingerprint density at radius 1 is 1.00 bits per heavy atom. The Hall–Kier alpha value is -3.67. The van der Waals surface area contributed by atoms with E-state index in [0.717, 1.165) is 5.56 Å². The molecule has 0 aliphatic heterocycles. The van der Waals surface area contributed by atoms with E-state index in [4.69, 9.17) is 4.74 Å². The van der Waals surface area contributed by atoms with E-state index in [1.54, 1.807) is 43.3 Å². The zero-order valence-electron chi connectivity index (χ0n) is 16.2. The first-order valence-corrected chi connectivity index (χ1v) is 9.32. The maximum Gasteiger partial charge on any atom is 0.342 e. The van der Waals surface area contributed by atoms with Crippen LogP contribution >= 0.6 is 0 Å². The Morgan fingerprint density at radius 2 is 1.57 bits per heavy atom. The van der Waals surface area contributed by atoms with Crippen molar-refractivity contribution in [1.29, 1.82) is 0 Å². The molecule has 30 heavy (non-hydrogen) atoms. The molecule has 0 amide bonds. The lowest BCUT2D eigenvalue weighted by Gasteiger charge is -2.26. The van der Waals surface area contributed by atoms with Gasteiger partial charge < -0.3 is 4.74 Å². The number of carbonyl (C=O) groups excluding carboxylic acids is 2. The summed E-state index contributed by atoms with van der Waals surface area (Å²) in [7, 11) is 0. The van der Waals surface area contributed by atoms with Crippen molar-refractivity contribution in [1.82, 2.24) is 0 Å². The molecule has 2 aromatic carbocycles. The van der Waals surface area contributed by atoms with Gasteiger partial charge in [0.2, 0.25) is 5.54 Å². The van der Waals surface area contributed by atoms with E-state index in [-0.39, 0.29) is 6.61 Å². The standard InChI is InChI=1S/C24H19F2NO3/c1-2-30-23(29)24(18-11-7-4-8-12-18,14-13-17-9-5-3-6-10-17)27-22-20(25)15-19(28)16-21(22)26/h3-16H,2H2,1H3/b14-13+/t24-/m1/s1. The van der Waals surface area contributed by atoms with Gasteiger partial charge in [-0.05, 0) is 24.1 Å². The largest absolute Gasteiger partial charge is 0.464 e. The SMILES string of the molecule is CCOC(=O)[C@](/C=C/c1ccccc1)(N=C1C(F)=CC(=O)C=C1F)c1ccccc1. The minimum atomic E-state index is -1.86. The number of nitrogens with zero attached hydrogens (tertiary/aromatic N) is 1. The van der Waals surface area contributed by atoms with Gasteiger partial charge in [0, 0.05) is 12.2 Å². The molecule has 6 heteroatoms. The molecule has 0 aromatic heterocycles. The third kappa shape index (κ3) is 4.49. The monoisotopic (exact) mass is 407 g/mol. The normalized spacial score (nSPS) is 16.0. The van der Waals surface area contributed by atoms with E-state index in [1.807, 2.05) is 30.3 Å². The summed E-state index contributed by atoms with van der Waals surface area (Å²) in [6.45, 7) is 1.68. The summed E-state index contributed by atoms with van der Waals surface area (Å²) >= 11 is 0. The van der Waals surface area contributed by atoms with Crippen LogP contribution in [0.25, 0.3) is 6.08 Å². The number of benzene rings is 2. The van der Waals surface area contributed by atoms with Crippen LogP contribution in [0, 0.1) is 0 Å². The number of ether oxygens (including phenoxy) is 1. The highest BCUT2D eigenvalue weighted by Gasteiger charge is 2.41. The van der Waals surface area contributed by atoms with E-state index in [0.29, 0.717) is 17.7 Å². The van der Waals surface area contributed by atoms with Crippen molar-refractivity contribution in [2.24, 2.45) is 4.99 Å². The lowest BCUT2D eigenvalue weighted by atomic mass is 9.88. The Labute approximate surface area is 172 Å². The van der Waals surface area contributed by atoms with Crippen LogP contribution in [0.15, 0.2) is 95.5 Å². The average Bonchev–Trinajstić information content (AvgIpc) is 2.74. The fourth-order valence-electron chi connectivity index (χ4n) is 2.97. The van der Waals surface area contributed by atoms with Gasteiger partial charge in [0.15, 0.2) is 17.4 Å². The summed E-state index contributed by atoms with van der Waals surface area (Å²) in [6, 6.07) is 17.4. The second-order valence-electron chi connectivity index (χ2n) is 6.44. The van der Waals surface area contributed by atoms with Gasteiger partial charge in [0.05, 0.1) is 6.61 Å². The molecule has 0 saturated carbocycles. The van der Waals surface area contributed by atoms with Gasteiger partial charge in [0.1, 0.15) is 5.71 Å². The number of carbonyl (C=O) groups is 2. The molecule has 0 fully saturated rings. The number of aliphatic imine (C=N–C) groups is 1. The smallest absolute Gasteiger partial charge is 0.342 e. The topological polar surface area (TPSA) is 55.7 Å². The van der Waals surface area contributed by atoms with Crippen LogP contribution in [0.5, 0.6) is 0 Å². The summed E-state index contributed by atoms with van der Waals surface area (Å²) in [5.41, 5.74) is -1.46. The maximum absolute atomic E-state index is 14.5. The van der Waals surface area contributed by atoms with Crippen molar-refractivity contribution in [3.8, 4) is 0 Å². The van der Waals surface area contributed by atoms with Gasteiger partial charge in [-0.1, -0.05) is 66.7 Å². The highest BCUT2D eigenvalue weighted by molar-refractivity contribution is 6.21. The number of ketones is 1. The van der Waals surface area contributed by atoms with Gasteiger partial charge in [-0.2, -0.15) is 0 Å². The predicted octanol–water partition coefficient (Wildman–Crippen LogP) is 4.89. The highest BCUT2D eigenvalue weighted by Crippen LogP contribution is 2.33. The van der Waals surface area contributed by atoms with Crippen molar-refractivity contribution in [3.05, 3.63) is 102 Å². The number of hydrogen-bond donors (Lipinski definition) is 0. The van der Waals surface area contributed by atoms with Crippen LogP contribution in [0.4, 0.5) is 8.78 Å². The van der Waals surface area contributed by atoms with Crippen molar-refractivity contribution in [2.45, 2.75) is 12.5 Å². The Bertz CT molecular complexity index is 1030. The molecule has 0 heterocycles. The van der Waals surface area contributed by atoms with Gasteiger partial charge >= 0.3 is 5.97 Å². The third-order valence-electron chi connectivity index (χ3n) is 4.40. The van der Waals surface area contributed by atoms with Gasteiger partial charge in [-0.15, -0.1) is 0 Å². The minimum absolute atomic E-state index is 0.0482. The van der Waals surface area contributed by atoms with Crippen molar-refractivity contribution in [2.75, 3.05) is 6.61 Å². The summed E-state index contributed by atoms with van der Waals surface area (Å²) in [5.74, 6) is -3.94. The zero-order valence-corrected chi connectivity index (χ0v) is 16.2. The first-order valence-electron chi connectivity index (χ1n) is 9.32. The Kier molecular flexibility index (Phi) is 6.47. The number of esters is 1. The van der Waals surface area contributed by atoms with Crippen LogP contribution in [-0.2, 0) is 19.9 Å². The Balaban J connectivity index is 2.25. The van der Waals surface area contributed by atoms with Crippen LogP contribution in [0.2, 0.25) is 0 Å². The lowest BCUT2D eigenvalue weighted by Crippen LogP contribution is -2.35. The van der Waals surface area contributed by atoms with Crippen LogP contribution in [0.1, 0.15) is 18.1 Å². The van der Waals surface area contributed by atoms with Crippen LogP contribution in [0.3, 0.4) is 0 Å². The first-order chi connectivity index (χ1) is 14.5. The molecule has 0 N–H and O–H groups in total. The second kappa shape index (κ2) is 9.22. The number of allylic oxidation sites excluding steroid dienone is 4. The molecule has 1 aliphatic carbocycles. The van der Waals surface area contributed by atoms with Gasteiger partial charge in [0.25, 0.3) is 0 Å². The first kappa shape index (κ1) is 21.0. The van der Waals surface area contributed by atoms with Crippen molar-refractivity contribution >= 4 is 23.5 Å².